The predicted octanol–water partition coefficient (Wildman–Crippen LogP) is 2.25. The molecule has 2 amide bonds. The number of hydrogen-bond acceptors (Lipinski definition) is 3. The van der Waals surface area contributed by atoms with Gasteiger partial charge in [0.1, 0.15) is 0 Å². The van der Waals surface area contributed by atoms with Gasteiger partial charge in [0, 0.05) is 43.7 Å². The molecule has 5 nitrogen and oxygen atoms in total. The predicted molar refractivity (Wildman–Crippen MR) is 86.2 cm³/mol. The maximum Gasteiger partial charge on any atom is 0.224 e. The van der Waals surface area contributed by atoms with Crippen molar-refractivity contribution in [3.8, 4) is 0 Å². The van der Waals surface area contributed by atoms with Gasteiger partial charge in [0.05, 0.1) is 13.2 Å². The molecule has 1 aliphatic heterocycles. The lowest BCUT2D eigenvalue weighted by Crippen LogP contribution is -2.42. The molecule has 0 saturated carbocycles. The monoisotopic (exact) mass is 324 g/mol. The van der Waals surface area contributed by atoms with Crippen LogP contribution >= 0.6 is 11.6 Å². The van der Waals surface area contributed by atoms with Crippen LogP contribution in [0.2, 0.25) is 5.02 Å². The molecule has 0 aliphatic carbocycles. The fourth-order valence-electron chi connectivity index (χ4n) is 2.40. The molecule has 0 unspecified atom stereocenters. The SMILES string of the molecule is CC(=O)N(CCC(=O)N1CCOCC1)c1ccc(C)c(Cl)c1. The summed E-state index contributed by atoms with van der Waals surface area (Å²) in [6, 6.07) is 5.48. The third kappa shape index (κ3) is 4.21. The van der Waals surface area contributed by atoms with Gasteiger partial charge in [-0.25, -0.2) is 0 Å². The first-order valence-corrected chi connectivity index (χ1v) is 7.76. The fraction of sp³-hybridized carbons (Fsp3) is 0.500. The summed E-state index contributed by atoms with van der Waals surface area (Å²) in [5.41, 5.74) is 1.68. The highest BCUT2D eigenvalue weighted by Gasteiger charge is 2.19. The van der Waals surface area contributed by atoms with Gasteiger partial charge in [-0.2, -0.15) is 0 Å². The van der Waals surface area contributed by atoms with Gasteiger partial charge in [-0.15, -0.1) is 0 Å². The van der Waals surface area contributed by atoms with Crippen LogP contribution in [0, 0.1) is 6.92 Å². The normalized spacial score (nSPS) is 14.8. The van der Waals surface area contributed by atoms with Crippen LogP contribution in [-0.2, 0) is 14.3 Å². The lowest BCUT2D eigenvalue weighted by Gasteiger charge is -2.28. The van der Waals surface area contributed by atoms with Gasteiger partial charge in [-0.05, 0) is 24.6 Å². The van der Waals surface area contributed by atoms with E-state index >= 15 is 0 Å². The van der Waals surface area contributed by atoms with Crippen LogP contribution in [0.3, 0.4) is 0 Å². The van der Waals surface area contributed by atoms with E-state index in [9.17, 15) is 9.59 Å². The van der Waals surface area contributed by atoms with Gasteiger partial charge in [-0.1, -0.05) is 17.7 Å². The molecule has 0 radical (unpaired) electrons. The molecule has 1 heterocycles. The van der Waals surface area contributed by atoms with E-state index < -0.39 is 0 Å². The van der Waals surface area contributed by atoms with Crippen molar-refractivity contribution in [1.29, 1.82) is 0 Å². The van der Waals surface area contributed by atoms with Crippen LogP contribution in [0.4, 0.5) is 5.69 Å². The van der Waals surface area contributed by atoms with Crippen LogP contribution in [0.15, 0.2) is 18.2 Å². The molecule has 22 heavy (non-hydrogen) atoms. The van der Waals surface area contributed by atoms with Gasteiger partial charge >= 0.3 is 0 Å². The molecule has 1 aliphatic rings. The quantitative estimate of drug-likeness (QED) is 0.853. The van der Waals surface area contributed by atoms with Crippen molar-refractivity contribution in [3.05, 3.63) is 28.8 Å². The average molecular weight is 325 g/mol. The average Bonchev–Trinajstić information content (AvgIpc) is 2.51. The topological polar surface area (TPSA) is 49.9 Å². The third-order valence-electron chi connectivity index (χ3n) is 3.76. The maximum atomic E-state index is 12.2. The molecule has 1 saturated heterocycles. The fourth-order valence-corrected chi connectivity index (χ4v) is 2.57. The van der Waals surface area contributed by atoms with Gasteiger partial charge in [0.15, 0.2) is 0 Å². The van der Waals surface area contributed by atoms with Crippen molar-refractivity contribution in [2.24, 2.45) is 0 Å². The van der Waals surface area contributed by atoms with E-state index in [1.165, 1.54) is 6.92 Å². The molecule has 0 aromatic heterocycles. The Labute approximate surface area is 135 Å². The summed E-state index contributed by atoms with van der Waals surface area (Å²) in [7, 11) is 0. The van der Waals surface area contributed by atoms with E-state index in [1.54, 1.807) is 15.9 Å². The van der Waals surface area contributed by atoms with E-state index in [-0.39, 0.29) is 11.8 Å². The lowest BCUT2D eigenvalue weighted by atomic mass is 10.2. The van der Waals surface area contributed by atoms with Crippen molar-refractivity contribution in [1.82, 2.24) is 4.90 Å². The minimum Gasteiger partial charge on any atom is -0.378 e. The molecule has 120 valence electrons. The Balaban J connectivity index is 2.01. The zero-order valence-corrected chi connectivity index (χ0v) is 13.7. The molecular formula is C16H21ClN2O3. The molecule has 1 aromatic carbocycles. The largest absolute Gasteiger partial charge is 0.378 e. The molecule has 1 aromatic rings. The first-order valence-electron chi connectivity index (χ1n) is 7.39. The second kappa shape index (κ2) is 7.61. The molecule has 0 spiro atoms. The summed E-state index contributed by atoms with van der Waals surface area (Å²) in [4.78, 5) is 27.4. The highest BCUT2D eigenvalue weighted by Crippen LogP contribution is 2.23. The third-order valence-corrected chi connectivity index (χ3v) is 4.17. The minimum atomic E-state index is -0.102. The Morgan fingerprint density at radius 2 is 2.00 bits per heavy atom. The summed E-state index contributed by atoms with van der Waals surface area (Å²) in [6.45, 7) is 6.15. The van der Waals surface area contributed by atoms with Crippen molar-refractivity contribution < 1.29 is 14.3 Å². The number of carbonyl (C=O) groups is 2. The molecule has 6 heteroatoms. The number of amides is 2. The van der Waals surface area contributed by atoms with Gasteiger partial charge < -0.3 is 14.5 Å². The number of benzene rings is 1. The highest BCUT2D eigenvalue weighted by atomic mass is 35.5. The van der Waals surface area contributed by atoms with E-state index in [2.05, 4.69) is 0 Å². The van der Waals surface area contributed by atoms with Crippen LogP contribution in [0.25, 0.3) is 0 Å². The number of morpholine rings is 1. The van der Waals surface area contributed by atoms with Gasteiger partial charge in [0.2, 0.25) is 11.8 Å². The van der Waals surface area contributed by atoms with Crippen molar-refractivity contribution in [2.45, 2.75) is 20.3 Å². The first-order chi connectivity index (χ1) is 10.5. The first kappa shape index (κ1) is 16.8. The minimum absolute atomic E-state index is 0.0489. The summed E-state index contributed by atoms with van der Waals surface area (Å²) in [5, 5.41) is 0.614. The second-order valence-corrected chi connectivity index (χ2v) is 5.75. The number of carbonyl (C=O) groups excluding carboxylic acids is 2. The highest BCUT2D eigenvalue weighted by molar-refractivity contribution is 6.31. The lowest BCUT2D eigenvalue weighted by molar-refractivity contribution is -0.135. The Bertz CT molecular complexity index is 556. The number of ether oxygens (including phenoxy) is 1. The Hall–Kier alpha value is -1.59. The number of nitrogens with zero attached hydrogens (tertiary/aromatic N) is 2. The van der Waals surface area contributed by atoms with Gasteiger partial charge in [0.25, 0.3) is 0 Å². The molecule has 2 rings (SSSR count). The van der Waals surface area contributed by atoms with E-state index in [0.29, 0.717) is 44.3 Å². The zero-order chi connectivity index (χ0) is 16.1. The zero-order valence-electron chi connectivity index (χ0n) is 13.0. The molecular weight excluding hydrogens is 304 g/mol. The summed E-state index contributed by atoms with van der Waals surface area (Å²) < 4.78 is 5.23. The van der Waals surface area contributed by atoms with Crippen molar-refractivity contribution in [3.63, 3.8) is 0 Å². The Kier molecular flexibility index (Phi) is 5.80. The van der Waals surface area contributed by atoms with Crippen LogP contribution in [0.5, 0.6) is 0 Å². The van der Waals surface area contributed by atoms with Gasteiger partial charge in [-0.3, -0.25) is 9.59 Å². The summed E-state index contributed by atoms with van der Waals surface area (Å²) in [6.07, 6.45) is 0.297. The number of rotatable bonds is 4. The maximum absolute atomic E-state index is 12.2. The molecule has 0 bridgehead atoms. The number of halogens is 1. The molecule has 0 N–H and O–H groups in total. The molecule has 1 fully saturated rings. The van der Waals surface area contributed by atoms with Crippen LogP contribution in [0.1, 0.15) is 18.9 Å². The second-order valence-electron chi connectivity index (χ2n) is 5.35. The van der Waals surface area contributed by atoms with Crippen LogP contribution in [-0.4, -0.2) is 49.6 Å². The van der Waals surface area contributed by atoms with E-state index in [1.807, 2.05) is 19.1 Å². The summed E-state index contributed by atoms with van der Waals surface area (Å²) >= 11 is 6.12. The summed E-state index contributed by atoms with van der Waals surface area (Å²) in [5.74, 6) is -0.0533. The number of hydrogen-bond donors (Lipinski definition) is 0. The van der Waals surface area contributed by atoms with Crippen LogP contribution < -0.4 is 4.90 Å². The molecule has 0 atom stereocenters. The van der Waals surface area contributed by atoms with E-state index in [0.717, 1.165) is 11.3 Å². The number of aryl methyl sites for hydroxylation is 1. The van der Waals surface area contributed by atoms with Crippen molar-refractivity contribution in [2.75, 3.05) is 37.7 Å². The van der Waals surface area contributed by atoms with E-state index in [4.69, 9.17) is 16.3 Å². The number of anilines is 1. The Morgan fingerprint density at radius 1 is 1.32 bits per heavy atom. The van der Waals surface area contributed by atoms with Crippen molar-refractivity contribution >= 4 is 29.1 Å². The Morgan fingerprint density at radius 3 is 2.59 bits per heavy atom. The smallest absolute Gasteiger partial charge is 0.224 e. The standard InChI is InChI=1S/C16H21ClN2O3/c1-12-3-4-14(11-15(12)17)19(13(2)20)6-5-16(21)18-7-9-22-10-8-18/h3-4,11H,5-10H2,1-2H3.